The normalized spacial score (nSPS) is 18.6. The molecule has 1 saturated heterocycles. The fraction of sp³-hybridized carbons (Fsp3) is 0.318. The first kappa shape index (κ1) is 19.9. The second kappa shape index (κ2) is 7.66. The average molecular weight is 380 g/mol. The third kappa shape index (κ3) is 4.21. The predicted octanol–water partition coefficient (Wildman–Crippen LogP) is 4.86. The number of hydrogen-bond donors (Lipinski definition) is 1. The van der Waals surface area contributed by atoms with Gasteiger partial charge in [0.25, 0.3) is 0 Å². The van der Waals surface area contributed by atoms with Crippen LogP contribution in [0.15, 0.2) is 60.1 Å². The second-order valence-corrected chi connectivity index (χ2v) is 8.10. The van der Waals surface area contributed by atoms with Gasteiger partial charge in [0.15, 0.2) is 5.78 Å². The largest absolute Gasteiger partial charge is 0.491 e. The van der Waals surface area contributed by atoms with Gasteiger partial charge in [0.2, 0.25) is 0 Å². The van der Waals surface area contributed by atoms with Crippen LogP contribution in [0.3, 0.4) is 0 Å². The minimum absolute atomic E-state index is 0.0199. The van der Waals surface area contributed by atoms with Crippen molar-refractivity contribution >= 4 is 31.6 Å². The van der Waals surface area contributed by atoms with Crippen LogP contribution in [-0.4, -0.2) is 29.9 Å². The Labute approximate surface area is 167 Å². The molecular formula is C22H25BO3S. The zero-order chi connectivity index (χ0) is 19.7. The molecule has 3 nitrogen and oxygen atoms in total. The Morgan fingerprint density at radius 1 is 0.926 bits per heavy atom. The maximum atomic E-state index is 12.5. The lowest BCUT2D eigenvalue weighted by Gasteiger charge is -2.32. The van der Waals surface area contributed by atoms with Crippen LogP contribution in [0, 0.1) is 0 Å². The van der Waals surface area contributed by atoms with Gasteiger partial charge in [-0.25, -0.2) is 0 Å². The number of rotatable bonds is 5. The van der Waals surface area contributed by atoms with Crippen LogP contribution in [0.25, 0.3) is 6.08 Å². The SMILES string of the molecule is CC1(C)OB(C(=Cc2ccc(C(=O)c3ccccc3)cc2)CS)OC1(C)C. The molecule has 0 N–H and O–H groups in total. The smallest absolute Gasteiger partial charge is 0.400 e. The molecule has 0 spiro atoms. The molecule has 1 fully saturated rings. The van der Waals surface area contributed by atoms with Crippen molar-refractivity contribution in [2.24, 2.45) is 0 Å². The minimum atomic E-state index is -0.418. The van der Waals surface area contributed by atoms with E-state index in [9.17, 15) is 4.79 Å². The van der Waals surface area contributed by atoms with E-state index < -0.39 is 7.12 Å². The summed E-state index contributed by atoms with van der Waals surface area (Å²) in [6, 6.07) is 16.9. The molecule has 1 heterocycles. The topological polar surface area (TPSA) is 35.5 Å². The van der Waals surface area contributed by atoms with Gasteiger partial charge in [0, 0.05) is 16.9 Å². The van der Waals surface area contributed by atoms with E-state index in [1.807, 2.05) is 88.4 Å². The van der Waals surface area contributed by atoms with Gasteiger partial charge in [-0.1, -0.05) is 60.7 Å². The molecule has 0 bridgehead atoms. The number of benzene rings is 2. The Morgan fingerprint density at radius 3 is 1.96 bits per heavy atom. The predicted molar refractivity (Wildman–Crippen MR) is 114 cm³/mol. The molecule has 0 atom stereocenters. The quantitative estimate of drug-likeness (QED) is 0.457. The fourth-order valence-corrected chi connectivity index (χ4v) is 3.12. The number of thiol groups is 1. The van der Waals surface area contributed by atoms with Crippen molar-refractivity contribution in [3.8, 4) is 0 Å². The maximum Gasteiger partial charge on any atom is 0.491 e. The van der Waals surface area contributed by atoms with E-state index in [1.165, 1.54) is 0 Å². The standard InChI is InChI=1S/C22H25BO3S/c1-21(2)22(3,4)26-23(25-21)19(15-27)14-16-10-12-18(13-11-16)20(24)17-8-6-5-7-9-17/h5-14,27H,15H2,1-4H3. The van der Waals surface area contributed by atoms with Crippen molar-refractivity contribution < 1.29 is 14.1 Å². The molecule has 5 heteroatoms. The molecule has 0 radical (unpaired) electrons. The fourth-order valence-electron chi connectivity index (χ4n) is 2.88. The number of hydrogen-bond acceptors (Lipinski definition) is 4. The van der Waals surface area contributed by atoms with Gasteiger partial charge in [0.1, 0.15) is 0 Å². The van der Waals surface area contributed by atoms with Gasteiger partial charge in [0.05, 0.1) is 11.2 Å². The molecule has 2 aromatic rings. The highest BCUT2D eigenvalue weighted by atomic mass is 32.1. The van der Waals surface area contributed by atoms with Crippen molar-refractivity contribution in [1.29, 1.82) is 0 Å². The molecule has 1 aliphatic rings. The van der Waals surface area contributed by atoms with Crippen molar-refractivity contribution in [2.75, 3.05) is 5.75 Å². The minimum Gasteiger partial charge on any atom is -0.400 e. The van der Waals surface area contributed by atoms with Crippen LogP contribution in [0.4, 0.5) is 0 Å². The van der Waals surface area contributed by atoms with Crippen LogP contribution in [-0.2, 0) is 9.31 Å². The van der Waals surface area contributed by atoms with Crippen LogP contribution >= 0.6 is 12.6 Å². The molecule has 27 heavy (non-hydrogen) atoms. The summed E-state index contributed by atoms with van der Waals surface area (Å²) >= 11 is 4.45. The van der Waals surface area contributed by atoms with Crippen molar-refractivity contribution in [1.82, 2.24) is 0 Å². The molecule has 2 aromatic carbocycles. The van der Waals surface area contributed by atoms with E-state index in [0.717, 1.165) is 11.0 Å². The van der Waals surface area contributed by atoms with E-state index in [2.05, 4.69) is 12.6 Å². The van der Waals surface area contributed by atoms with Gasteiger partial charge in [-0.05, 0) is 38.7 Å². The molecule has 0 saturated carbocycles. The Hall–Kier alpha value is -1.82. The van der Waals surface area contributed by atoms with Crippen molar-refractivity contribution in [3.63, 3.8) is 0 Å². The molecule has 140 valence electrons. The summed E-state index contributed by atoms with van der Waals surface area (Å²) in [4.78, 5) is 12.5. The Balaban J connectivity index is 1.79. The van der Waals surface area contributed by atoms with Gasteiger partial charge >= 0.3 is 7.12 Å². The zero-order valence-electron chi connectivity index (χ0n) is 16.2. The zero-order valence-corrected chi connectivity index (χ0v) is 17.1. The summed E-state index contributed by atoms with van der Waals surface area (Å²) in [7, 11) is -0.418. The molecular weight excluding hydrogens is 355 g/mol. The van der Waals surface area contributed by atoms with E-state index in [0.29, 0.717) is 16.9 Å². The number of ketones is 1. The lowest BCUT2D eigenvalue weighted by molar-refractivity contribution is 0.00578. The lowest BCUT2D eigenvalue weighted by Crippen LogP contribution is -2.41. The number of carbonyl (C=O) groups excluding carboxylic acids is 1. The van der Waals surface area contributed by atoms with E-state index in [4.69, 9.17) is 9.31 Å². The van der Waals surface area contributed by atoms with E-state index in [1.54, 1.807) is 0 Å². The Morgan fingerprint density at radius 2 is 1.44 bits per heavy atom. The van der Waals surface area contributed by atoms with Gasteiger partial charge in [-0.15, -0.1) is 0 Å². The number of carbonyl (C=O) groups is 1. The van der Waals surface area contributed by atoms with E-state index in [-0.39, 0.29) is 17.0 Å². The van der Waals surface area contributed by atoms with Crippen LogP contribution < -0.4 is 0 Å². The molecule has 3 rings (SSSR count). The third-order valence-corrected chi connectivity index (χ3v) is 5.66. The van der Waals surface area contributed by atoms with Crippen molar-refractivity contribution in [3.05, 3.63) is 76.8 Å². The second-order valence-electron chi connectivity index (χ2n) is 7.78. The molecule has 1 aliphatic heterocycles. The van der Waals surface area contributed by atoms with Crippen LogP contribution in [0.1, 0.15) is 49.2 Å². The van der Waals surface area contributed by atoms with Crippen LogP contribution in [0.2, 0.25) is 0 Å². The Bertz CT molecular complexity index is 826. The first-order chi connectivity index (χ1) is 12.7. The van der Waals surface area contributed by atoms with Gasteiger partial charge in [-0.3, -0.25) is 4.79 Å². The molecule has 0 aromatic heterocycles. The highest BCUT2D eigenvalue weighted by Crippen LogP contribution is 2.39. The summed E-state index contributed by atoms with van der Waals surface area (Å²) in [5.74, 6) is 0.549. The lowest BCUT2D eigenvalue weighted by atomic mass is 9.78. The Kier molecular flexibility index (Phi) is 5.66. The summed E-state index contributed by atoms with van der Waals surface area (Å²) < 4.78 is 12.2. The first-order valence-electron chi connectivity index (χ1n) is 9.10. The molecule has 0 aliphatic carbocycles. The molecule has 0 unspecified atom stereocenters. The highest BCUT2D eigenvalue weighted by Gasteiger charge is 2.52. The summed E-state index contributed by atoms with van der Waals surface area (Å²) in [5.41, 5.74) is 2.53. The van der Waals surface area contributed by atoms with Gasteiger partial charge in [-0.2, -0.15) is 12.6 Å². The van der Waals surface area contributed by atoms with Crippen LogP contribution in [0.5, 0.6) is 0 Å². The first-order valence-corrected chi connectivity index (χ1v) is 9.73. The third-order valence-electron chi connectivity index (χ3n) is 5.30. The highest BCUT2D eigenvalue weighted by molar-refractivity contribution is 7.80. The van der Waals surface area contributed by atoms with Gasteiger partial charge < -0.3 is 9.31 Å². The summed E-state index contributed by atoms with van der Waals surface area (Å²) in [6.45, 7) is 8.14. The summed E-state index contributed by atoms with van der Waals surface area (Å²) in [5, 5.41) is 0. The summed E-state index contributed by atoms with van der Waals surface area (Å²) in [6.07, 6.45) is 2.02. The monoisotopic (exact) mass is 380 g/mol. The van der Waals surface area contributed by atoms with E-state index >= 15 is 0 Å². The maximum absolute atomic E-state index is 12.5. The molecule has 0 amide bonds. The average Bonchev–Trinajstić information content (AvgIpc) is 2.87. The van der Waals surface area contributed by atoms with Crippen molar-refractivity contribution in [2.45, 2.75) is 38.9 Å².